The first-order valence-electron chi connectivity index (χ1n) is 10.3. The molecule has 0 saturated carbocycles. The van der Waals surface area contributed by atoms with Gasteiger partial charge in [-0.2, -0.15) is 5.10 Å². The van der Waals surface area contributed by atoms with E-state index >= 15 is 0 Å². The van der Waals surface area contributed by atoms with Crippen molar-refractivity contribution in [3.05, 3.63) is 89.2 Å². The Bertz CT molecular complexity index is 1340. The lowest BCUT2D eigenvalue weighted by Gasteiger charge is -2.12. The van der Waals surface area contributed by atoms with Crippen molar-refractivity contribution in [1.29, 1.82) is 0 Å². The van der Waals surface area contributed by atoms with Crippen molar-refractivity contribution in [2.24, 2.45) is 0 Å². The molecule has 0 spiro atoms. The molecule has 32 heavy (non-hydrogen) atoms. The van der Waals surface area contributed by atoms with E-state index in [1.807, 2.05) is 72.8 Å². The van der Waals surface area contributed by atoms with E-state index in [2.05, 4.69) is 15.7 Å². The number of fused-ring (bicyclic) bond motifs is 1. The molecule has 0 saturated heterocycles. The highest BCUT2D eigenvalue weighted by Gasteiger charge is 2.15. The lowest BCUT2D eigenvalue weighted by molar-refractivity contribution is -0.117. The second-order valence-electron chi connectivity index (χ2n) is 7.25. The number of carbonyl (C=O) groups is 2. The summed E-state index contributed by atoms with van der Waals surface area (Å²) in [6.45, 7) is 1.41. The quantitative estimate of drug-likeness (QED) is 0.486. The smallest absolute Gasteiger partial charge is 0.291 e. The summed E-state index contributed by atoms with van der Waals surface area (Å²) in [6, 6.07) is 24.1. The predicted molar refractivity (Wildman–Crippen MR) is 125 cm³/mol. The Hall–Kier alpha value is -4.26. The van der Waals surface area contributed by atoms with E-state index in [-0.39, 0.29) is 24.6 Å². The van der Waals surface area contributed by atoms with Crippen LogP contribution >= 0.6 is 0 Å². The fourth-order valence-electron chi connectivity index (χ4n) is 3.39. The van der Waals surface area contributed by atoms with Gasteiger partial charge in [-0.3, -0.25) is 14.4 Å². The average Bonchev–Trinajstić information content (AvgIpc) is 2.82. The second kappa shape index (κ2) is 9.26. The normalized spacial score (nSPS) is 10.7. The summed E-state index contributed by atoms with van der Waals surface area (Å²) in [5.74, 6) is -0.687. The number of hydrogen-bond donors (Lipinski definition) is 2. The standard InChI is InChI=1S/C25H22N4O3/c1-2-23(30)27-22-15-21(18-10-4-3-5-11-18)28-29(25(22)32)16-24(31)26-20-14-8-12-17-9-6-7-13-19(17)20/h3-15H,2,16H2,1H3,(H,26,31)(H,27,30). The van der Waals surface area contributed by atoms with Gasteiger partial charge in [0.2, 0.25) is 11.8 Å². The highest BCUT2D eigenvalue weighted by molar-refractivity contribution is 6.02. The maximum absolute atomic E-state index is 12.9. The van der Waals surface area contributed by atoms with Gasteiger partial charge >= 0.3 is 0 Å². The molecule has 0 atom stereocenters. The number of carbonyl (C=O) groups excluding carboxylic acids is 2. The molecule has 7 heteroatoms. The van der Waals surface area contributed by atoms with Gasteiger partial charge in [0.05, 0.1) is 5.69 Å². The Labute approximate surface area is 184 Å². The number of benzene rings is 3. The number of nitrogens with zero attached hydrogens (tertiary/aromatic N) is 2. The van der Waals surface area contributed by atoms with Crippen LogP contribution in [-0.4, -0.2) is 21.6 Å². The zero-order chi connectivity index (χ0) is 22.5. The molecule has 4 aromatic rings. The summed E-state index contributed by atoms with van der Waals surface area (Å²) in [5, 5.41) is 11.7. The lowest BCUT2D eigenvalue weighted by atomic mass is 10.1. The number of nitrogens with one attached hydrogen (secondary N) is 2. The van der Waals surface area contributed by atoms with Crippen molar-refractivity contribution in [3.8, 4) is 11.3 Å². The molecule has 7 nitrogen and oxygen atoms in total. The maximum atomic E-state index is 12.9. The molecule has 1 aromatic heterocycles. The van der Waals surface area contributed by atoms with Crippen molar-refractivity contribution in [3.63, 3.8) is 0 Å². The molecule has 0 aliphatic heterocycles. The Balaban J connectivity index is 1.67. The minimum Gasteiger partial charge on any atom is -0.324 e. The molecular weight excluding hydrogens is 404 g/mol. The molecule has 0 aliphatic carbocycles. The number of hydrogen-bond acceptors (Lipinski definition) is 4. The van der Waals surface area contributed by atoms with Crippen LogP contribution in [0.3, 0.4) is 0 Å². The lowest BCUT2D eigenvalue weighted by Crippen LogP contribution is -2.32. The van der Waals surface area contributed by atoms with Crippen LogP contribution in [-0.2, 0) is 16.1 Å². The molecule has 2 N–H and O–H groups in total. The van der Waals surface area contributed by atoms with Crippen LogP contribution in [0.4, 0.5) is 11.4 Å². The van der Waals surface area contributed by atoms with Gasteiger partial charge in [-0.15, -0.1) is 0 Å². The van der Waals surface area contributed by atoms with Gasteiger partial charge in [-0.05, 0) is 17.5 Å². The summed E-state index contributed by atoms with van der Waals surface area (Å²) in [6.07, 6.45) is 0.226. The van der Waals surface area contributed by atoms with Gasteiger partial charge in [0, 0.05) is 23.1 Å². The van der Waals surface area contributed by atoms with Crippen LogP contribution in [0.25, 0.3) is 22.0 Å². The van der Waals surface area contributed by atoms with Gasteiger partial charge in [0.25, 0.3) is 5.56 Å². The minimum absolute atomic E-state index is 0.0867. The van der Waals surface area contributed by atoms with E-state index < -0.39 is 11.5 Å². The van der Waals surface area contributed by atoms with Crippen LogP contribution < -0.4 is 16.2 Å². The van der Waals surface area contributed by atoms with Gasteiger partial charge < -0.3 is 10.6 Å². The molecule has 0 aliphatic rings. The largest absolute Gasteiger partial charge is 0.324 e. The van der Waals surface area contributed by atoms with Crippen LogP contribution in [0.1, 0.15) is 13.3 Å². The van der Waals surface area contributed by atoms with Crippen molar-refractivity contribution in [1.82, 2.24) is 9.78 Å². The van der Waals surface area contributed by atoms with E-state index in [0.717, 1.165) is 21.0 Å². The molecule has 2 amide bonds. The second-order valence-corrected chi connectivity index (χ2v) is 7.25. The fourth-order valence-corrected chi connectivity index (χ4v) is 3.39. The molecule has 1 heterocycles. The first-order valence-corrected chi connectivity index (χ1v) is 10.3. The van der Waals surface area contributed by atoms with Crippen LogP contribution in [0.2, 0.25) is 0 Å². The number of amides is 2. The predicted octanol–water partition coefficient (Wildman–Crippen LogP) is 4.05. The Kier molecular flexibility index (Phi) is 6.07. The third-order valence-electron chi connectivity index (χ3n) is 5.00. The fraction of sp³-hybridized carbons (Fsp3) is 0.120. The van der Waals surface area contributed by atoms with E-state index in [4.69, 9.17) is 0 Å². The summed E-state index contributed by atoms with van der Waals surface area (Å²) in [5.41, 5.74) is 1.44. The molecule has 0 bridgehead atoms. The van der Waals surface area contributed by atoms with Crippen molar-refractivity contribution >= 4 is 34.0 Å². The molecule has 4 rings (SSSR count). The van der Waals surface area contributed by atoms with Crippen molar-refractivity contribution < 1.29 is 9.59 Å². The highest BCUT2D eigenvalue weighted by Crippen LogP contribution is 2.23. The van der Waals surface area contributed by atoms with Gasteiger partial charge in [-0.25, -0.2) is 4.68 Å². The number of anilines is 2. The van der Waals surface area contributed by atoms with Crippen LogP contribution in [0, 0.1) is 0 Å². The van der Waals surface area contributed by atoms with Gasteiger partial charge in [0.15, 0.2) is 0 Å². The zero-order valence-corrected chi connectivity index (χ0v) is 17.5. The third kappa shape index (κ3) is 4.57. The number of rotatable bonds is 6. The average molecular weight is 426 g/mol. The molecule has 160 valence electrons. The van der Waals surface area contributed by atoms with E-state index in [1.54, 1.807) is 6.92 Å². The number of aromatic nitrogens is 2. The molecule has 0 fully saturated rings. The summed E-state index contributed by atoms with van der Waals surface area (Å²) in [4.78, 5) is 37.6. The minimum atomic E-state index is -0.542. The van der Waals surface area contributed by atoms with Crippen molar-refractivity contribution in [2.75, 3.05) is 10.6 Å². The Morgan fingerprint density at radius 2 is 1.53 bits per heavy atom. The first-order chi connectivity index (χ1) is 15.5. The Morgan fingerprint density at radius 1 is 0.844 bits per heavy atom. The summed E-state index contributed by atoms with van der Waals surface area (Å²) < 4.78 is 1.08. The van der Waals surface area contributed by atoms with E-state index in [9.17, 15) is 14.4 Å². The van der Waals surface area contributed by atoms with Crippen LogP contribution in [0.5, 0.6) is 0 Å². The third-order valence-corrected chi connectivity index (χ3v) is 5.00. The van der Waals surface area contributed by atoms with Crippen molar-refractivity contribution in [2.45, 2.75) is 19.9 Å². The summed E-state index contributed by atoms with van der Waals surface area (Å²) >= 11 is 0. The monoisotopic (exact) mass is 426 g/mol. The molecule has 3 aromatic carbocycles. The molecular formula is C25H22N4O3. The van der Waals surface area contributed by atoms with E-state index in [0.29, 0.717) is 11.4 Å². The zero-order valence-electron chi connectivity index (χ0n) is 17.5. The van der Waals surface area contributed by atoms with Crippen LogP contribution in [0.15, 0.2) is 83.7 Å². The topological polar surface area (TPSA) is 93.1 Å². The van der Waals surface area contributed by atoms with Gasteiger partial charge in [0.1, 0.15) is 12.2 Å². The van der Waals surface area contributed by atoms with E-state index in [1.165, 1.54) is 6.07 Å². The highest BCUT2D eigenvalue weighted by atomic mass is 16.2. The molecule has 0 radical (unpaired) electrons. The SMILES string of the molecule is CCC(=O)Nc1cc(-c2ccccc2)nn(CC(=O)Nc2cccc3ccccc23)c1=O. The summed E-state index contributed by atoms with van der Waals surface area (Å²) in [7, 11) is 0. The van der Waals surface area contributed by atoms with Gasteiger partial charge in [-0.1, -0.05) is 73.7 Å². The Morgan fingerprint density at radius 3 is 2.31 bits per heavy atom. The first kappa shape index (κ1) is 21.0. The molecule has 0 unspecified atom stereocenters. The maximum Gasteiger partial charge on any atom is 0.291 e.